The number of alkyl halides is 1. The fourth-order valence-corrected chi connectivity index (χ4v) is 3.16. The molecule has 24 heavy (non-hydrogen) atoms. The molecule has 126 valence electrons. The molecule has 0 saturated heterocycles. The fourth-order valence-electron chi connectivity index (χ4n) is 3.16. The van der Waals surface area contributed by atoms with Crippen molar-refractivity contribution in [2.24, 2.45) is 5.73 Å². The number of nitrogens with zero attached hydrogens (tertiary/aromatic N) is 1. The van der Waals surface area contributed by atoms with Crippen LogP contribution >= 0.6 is 0 Å². The van der Waals surface area contributed by atoms with Gasteiger partial charge in [0.15, 0.2) is 0 Å². The number of carbonyl (C=O) groups excluding carboxylic acids is 1. The first-order valence-electron chi connectivity index (χ1n) is 8.15. The second-order valence-electron chi connectivity index (χ2n) is 5.72. The van der Waals surface area contributed by atoms with Crippen LogP contribution in [0.1, 0.15) is 25.5 Å². The normalized spacial score (nSPS) is 14.0. The maximum Gasteiger partial charge on any atom is 0.342 e. The lowest BCUT2D eigenvalue weighted by molar-refractivity contribution is -0.149. The Kier molecular flexibility index (Phi) is 4.53. The zero-order valence-electron chi connectivity index (χ0n) is 13.8. The van der Waals surface area contributed by atoms with Crippen molar-refractivity contribution < 1.29 is 13.9 Å². The molecule has 1 heterocycles. The quantitative estimate of drug-likeness (QED) is 0.726. The van der Waals surface area contributed by atoms with E-state index in [2.05, 4.69) is 17.6 Å². The van der Waals surface area contributed by atoms with Gasteiger partial charge in [0.1, 0.15) is 0 Å². The van der Waals surface area contributed by atoms with E-state index in [1.165, 1.54) is 0 Å². The average Bonchev–Trinajstić information content (AvgIpc) is 2.93. The summed E-state index contributed by atoms with van der Waals surface area (Å²) in [6.45, 7) is 4.70. The number of para-hydroxylation sites is 1. The Morgan fingerprint density at radius 1 is 1.17 bits per heavy atom. The Hall–Kier alpha value is -2.40. The van der Waals surface area contributed by atoms with Crippen LogP contribution in [0.4, 0.5) is 4.39 Å². The predicted octanol–water partition coefficient (Wildman–Crippen LogP) is 3.72. The number of nitrogens with two attached hydrogens (primary N) is 1. The van der Waals surface area contributed by atoms with Crippen molar-refractivity contribution in [3.8, 4) is 0 Å². The van der Waals surface area contributed by atoms with Crippen molar-refractivity contribution in [3.05, 3.63) is 48.0 Å². The molecule has 3 rings (SSSR count). The van der Waals surface area contributed by atoms with Gasteiger partial charge in [0.2, 0.25) is 6.17 Å². The SMILES string of the molecule is CCOC(=O)C(F)[C@H](N)c1ccc2c(c1)c1ccccc1n2CC. The molecule has 2 atom stereocenters. The molecule has 0 fully saturated rings. The van der Waals surface area contributed by atoms with Crippen LogP contribution in [-0.2, 0) is 16.1 Å². The maximum absolute atomic E-state index is 14.2. The number of ether oxygens (including phenoxy) is 1. The number of rotatable bonds is 5. The summed E-state index contributed by atoms with van der Waals surface area (Å²) in [5.41, 5.74) is 8.74. The highest BCUT2D eigenvalue weighted by Crippen LogP contribution is 2.31. The molecule has 0 bridgehead atoms. The van der Waals surface area contributed by atoms with Gasteiger partial charge in [-0.3, -0.25) is 0 Å². The largest absolute Gasteiger partial charge is 0.464 e. The molecule has 3 aromatic rings. The van der Waals surface area contributed by atoms with E-state index < -0.39 is 18.2 Å². The number of halogens is 1. The molecule has 2 N–H and O–H groups in total. The Morgan fingerprint density at radius 2 is 1.88 bits per heavy atom. The third-order valence-corrected chi connectivity index (χ3v) is 4.32. The Labute approximate surface area is 140 Å². The van der Waals surface area contributed by atoms with Crippen molar-refractivity contribution >= 4 is 27.8 Å². The lowest BCUT2D eigenvalue weighted by atomic mass is 10.0. The minimum Gasteiger partial charge on any atom is -0.464 e. The first kappa shape index (κ1) is 16.5. The summed E-state index contributed by atoms with van der Waals surface area (Å²) < 4.78 is 21.2. The van der Waals surface area contributed by atoms with Gasteiger partial charge in [-0.05, 0) is 37.6 Å². The van der Waals surface area contributed by atoms with Crippen LogP contribution in [0.15, 0.2) is 42.5 Å². The minimum absolute atomic E-state index is 0.134. The third kappa shape index (κ3) is 2.65. The Bertz CT molecular complexity index is 888. The van der Waals surface area contributed by atoms with Crippen molar-refractivity contribution in [2.75, 3.05) is 6.61 Å². The molecular weight excluding hydrogens is 307 g/mol. The first-order chi connectivity index (χ1) is 11.6. The molecule has 1 aromatic heterocycles. The molecule has 4 nitrogen and oxygen atoms in total. The van der Waals surface area contributed by atoms with Crippen LogP contribution in [-0.4, -0.2) is 23.3 Å². The number of hydrogen-bond donors (Lipinski definition) is 1. The van der Waals surface area contributed by atoms with Gasteiger partial charge >= 0.3 is 5.97 Å². The minimum atomic E-state index is -1.87. The van der Waals surface area contributed by atoms with Gasteiger partial charge < -0.3 is 15.0 Å². The lowest BCUT2D eigenvalue weighted by Crippen LogP contribution is -2.31. The zero-order valence-corrected chi connectivity index (χ0v) is 13.8. The number of aromatic nitrogens is 1. The van der Waals surface area contributed by atoms with E-state index in [1.54, 1.807) is 13.0 Å². The third-order valence-electron chi connectivity index (χ3n) is 4.32. The number of hydrogen-bond acceptors (Lipinski definition) is 3. The molecule has 0 amide bonds. The number of esters is 1. The summed E-state index contributed by atoms with van der Waals surface area (Å²) in [5.74, 6) is -0.916. The van der Waals surface area contributed by atoms with Crippen LogP contribution in [0.5, 0.6) is 0 Å². The molecule has 0 radical (unpaired) electrons. The number of aryl methyl sites for hydroxylation is 1. The van der Waals surface area contributed by atoms with Crippen molar-refractivity contribution in [1.82, 2.24) is 4.57 Å². The number of carbonyl (C=O) groups is 1. The molecule has 2 aromatic carbocycles. The number of benzene rings is 2. The van der Waals surface area contributed by atoms with Gasteiger partial charge in [0.25, 0.3) is 0 Å². The van der Waals surface area contributed by atoms with Gasteiger partial charge in [-0.25, -0.2) is 9.18 Å². The summed E-state index contributed by atoms with van der Waals surface area (Å²) in [6, 6.07) is 12.6. The van der Waals surface area contributed by atoms with E-state index in [0.717, 1.165) is 28.4 Å². The second kappa shape index (κ2) is 6.61. The van der Waals surface area contributed by atoms with Crippen molar-refractivity contribution in [3.63, 3.8) is 0 Å². The Morgan fingerprint density at radius 3 is 2.58 bits per heavy atom. The first-order valence-corrected chi connectivity index (χ1v) is 8.15. The van der Waals surface area contributed by atoms with E-state index in [1.807, 2.05) is 30.3 Å². The fraction of sp³-hybridized carbons (Fsp3) is 0.316. The molecule has 0 aliphatic rings. The highest BCUT2D eigenvalue weighted by molar-refractivity contribution is 6.08. The van der Waals surface area contributed by atoms with Crippen LogP contribution in [0.3, 0.4) is 0 Å². The molecule has 0 aliphatic carbocycles. The molecule has 0 aliphatic heterocycles. The summed E-state index contributed by atoms with van der Waals surface area (Å²) in [5, 5.41) is 2.10. The summed E-state index contributed by atoms with van der Waals surface area (Å²) >= 11 is 0. The molecule has 0 spiro atoms. The van der Waals surface area contributed by atoms with E-state index in [0.29, 0.717) is 5.56 Å². The van der Waals surface area contributed by atoms with E-state index in [4.69, 9.17) is 10.5 Å². The summed E-state index contributed by atoms with van der Waals surface area (Å²) in [7, 11) is 0. The highest BCUT2D eigenvalue weighted by atomic mass is 19.1. The zero-order chi connectivity index (χ0) is 17.3. The smallest absolute Gasteiger partial charge is 0.342 e. The lowest BCUT2D eigenvalue weighted by Gasteiger charge is -2.16. The standard InChI is InChI=1S/C19H21FN2O2/c1-3-22-15-8-6-5-7-13(15)14-11-12(9-10-16(14)22)18(21)17(20)19(23)24-4-2/h5-11,17-18H,3-4,21H2,1-2H3/t17?,18-/m1/s1. The highest BCUT2D eigenvalue weighted by Gasteiger charge is 2.28. The van der Waals surface area contributed by atoms with Gasteiger partial charge in [0, 0.05) is 28.4 Å². The summed E-state index contributed by atoms with van der Waals surface area (Å²) in [4.78, 5) is 11.6. The van der Waals surface area contributed by atoms with Gasteiger partial charge in [-0.2, -0.15) is 0 Å². The molecule has 5 heteroatoms. The van der Waals surface area contributed by atoms with Crippen LogP contribution in [0, 0.1) is 0 Å². The average molecular weight is 328 g/mol. The molecule has 1 unspecified atom stereocenters. The molecular formula is C19H21FN2O2. The van der Waals surface area contributed by atoms with Crippen LogP contribution < -0.4 is 5.73 Å². The van der Waals surface area contributed by atoms with Crippen molar-refractivity contribution in [1.29, 1.82) is 0 Å². The number of fused-ring (bicyclic) bond motifs is 3. The molecule has 0 saturated carbocycles. The topological polar surface area (TPSA) is 57.2 Å². The maximum atomic E-state index is 14.2. The van der Waals surface area contributed by atoms with Crippen molar-refractivity contribution in [2.45, 2.75) is 32.6 Å². The van der Waals surface area contributed by atoms with E-state index in [9.17, 15) is 9.18 Å². The summed E-state index contributed by atoms with van der Waals surface area (Å²) in [6.07, 6.45) is -1.87. The van der Waals surface area contributed by atoms with E-state index >= 15 is 0 Å². The second-order valence-corrected chi connectivity index (χ2v) is 5.72. The van der Waals surface area contributed by atoms with E-state index in [-0.39, 0.29) is 6.61 Å². The van der Waals surface area contributed by atoms with Gasteiger partial charge in [0.05, 0.1) is 12.6 Å². The Balaban J connectivity index is 2.08. The predicted molar refractivity (Wildman–Crippen MR) is 93.6 cm³/mol. The monoisotopic (exact) mass is 328 g/mol. The van der Waals surface area contributed by atoms with Crippen LogP contribution in [0.25, 0.3) is 21.8 Å². The van der Waals surface area contributed by atoms with Crippen LogP contribution in [0.2, 0.25) is 0 Å². The van der Waals surface area contributed by atoms with Gasteiger partial charge in [-0.1, -0.05) is 24.3 Å². The van der Waals surface area contributed by atoms with Gasteiger partial charge in [-0.15, -0.1) is 0 Å².